The minimum absolute atomic E-state index is 0.000205. The third-order valence-electron chi connectivity index (χ3n) is 4.10. The molecular weight excluding hydrogens is 266 g/mol. The molecule has 0 saturated carbocycles. The number of fused-ring (bicyclic) bond motifs is 1. The first-order valence-corrected chi connectivity index (χ1v) is 7.82. The van der Waals surface area contributed by atoms with Crippen LogP contribution in [0.15, 0.2) is 18.5 Å². The molecule has 0 aromatic carbocycles. The second-order valence-corrected chi connectivity index (χ2v) is 5.57. The lowest BCUT2D eigenvalue weighted by atomic mass is 10.2. The third kappa shape index (κ3) is 3.24. The quantitative estimate of drug-likeness (QED) is 0.767. The van der Waals surface area contributed by atoms with E-state index >= 15 is 0 Å². The minimum atomic E-state index is -0.000205. The standard InChI is InChI=1S/C16H23N3O2/c1-3-13-5-6-16(21-13)20-10-4-9-19-12(2)18-14-11-17-8-7-15(14)19/h7-8,11,13,16H,3-6,9-10H2,1-2H3. The van der Waals surface area contributed by atoms with Crippen LogP contribution >= 0.6 is 0 Å². The summed E-state index contributed by atoms with van der Waals surface area (Å²) in [5.74, 6) is 1.03. The van der Waals surface area contributed by atoms with Crippen LogP contribution in [-0.4, -0.2) is 33.5 Å². The lowest BCUT2D eigenvalue weighted by Crippen LogP contribution is -2.15. The van der Waals surface area contributed by atoms with E-state index in [1.807, 2.05) is 25.4 Å². The van der Waals surface area contributed by atoms with Gasteiger partial charge in [-0.3, -0.25) is 4.98 Å². The van der Waals surface area contributed by atoms with Crippen LogP contribution < -0.4 is 0 Å². The van der Waals surface area contributed by atoms with Crippen LogP contribution in [0.1, 0.15) is 38.4 Å². The molecule has 0 N–H and O–H groups in total. The van der Waals surface area contributed by atoms with E-state index in [0.29, 0.717) is 6.10 Å². The van der Waals surface area contributed by atoms with Gasteiger partial charge in [0.15, 0.2) is 6.29 Å². The molecule has 1 saturated heterocycles. The Kier molecular flexibility index (Phi) is 4.51. The minimum Gasteiger partial charge on any atom is -0.353 e. The van der Waals surface area contributed by atoms with E-state index in [4.69, 9.17) is 9.47 Å². The molecule has 21 heavy (non-hydrogen) atoms. The smallest absolute Gasteiger partial charge is 0.158 e. The van der Waals surface area contributed by atoms with Gasteiger partial charge in [0, 0.05) is 19.2 Å². The summed E-state index contributed by atoms with van der Waals surface area (Å²) in [6, 6.07) is 2.02. The van der Waals surface area contributed by atoms with E-state index in [-0.39, 0.29) is 6.29 Å². The highest BCUT2D eigenvalue weighted by Gasteiger charge is 2.23. The third-order valence-corrected chi connectivity index (χ3v) is 4.10. The highest BCUT2D eigenvalue weighted by Crippen LogP contribution is 2.22. The van der Waals surface area contributed by atoms with E-state index in [1.165, 1.54) is 0 Å². The summed E-state index contributed by atoms with van der Waals surface area (Å²) < 4.78 is 13.8. The number of nitrogens with zero attached hydrogens (tertiary/aromatic N) is 3. The van der Waals surface area contributed by atoms with Crippen LogP contribution in [0.4, 0.5) is 0 Å². The Labute approximate surface area is 125 Å². The number of hydrogen-bond acceptors (Lipinski definition) is 4. The van der Waals surface area contributed by atoms with Gasteiger partial charge in [-0.2, -0.15) is 0 Å². The number of ether oxygens (including phenoxy) is 2. The van der Waals surface area contributed by atoms with Gasteiger partial charge in [-0.15, -0.1) is 0 Å². The molecule has 0 spiro atoms. The van der Waals surface area contributed by atoms with Gasteiger partial charge in [0.2, 0.25) is 0 Å². The van der Waals surface area contributed by atoms with Crippen LogP contribution in [0.5, 0.6) is 0 Å². The maximum Gasteiger partial charge on any atom is 0.158 e. The second kappa shape index (κ2) is 6.54. The molecule has 3 heterocycles. The van der Waals surface area contributed by atoms with Crippen molar-refractivity contribution in [2.45, 2.75) is 58.5 Å². The first-order valence-electron chi connectivity index (χ1n) is 7.82. The summed E-state index contributed by atoms with van der Waals surface area (Å²) in [5.41, 5.74) is 2.10. The molecule has 0 bridgehead atoms. The number of imidazole rings is 1. The number of aryl methyl sites for hydroxylation is 2. The zero-order valence-corrected chi connectivity index (χ0v) is 12.8. The van der Waals surface area contributed by atoms with Crippen LogP contribution in [0.2, 0.25) is 0 Å². The fourth-order valence-electron chi connectivity index (χ4n) is 2.92. The Bertz CT molecular complexity index is 596. The molecule has 2 atom stereocenters. The monoisotopic (exact) mass is 289 g/mol. The predicted octanol–water partition coefficient (Wildman–Crippen LogP) is 3.06. The molecule has 114 valence electrons. The first-order chi connectivity index (χ1) is 10.3. The van der Waals surface area contributed by atoms with Crippen LogP contribution in [-0.2, 0) is 16.0 Å². The van der Waals surface area contributed by atoms with E-state index < -0.39 is 0 Å². The van der Waals surface area contributed by atoms with E-state index in [2.05, 4.69) is 21.5 Å². The van der Waals surface area contributed by atoms with Crippen LogP contribution in [0.25, 0.3) is 11.0 Å². The molecular formula is C16H23N3O2. The Morgan fingerprint density at radius 2 is 2.33 bits per heavy atom. The number of hydrogen-bond donors (Lipinski definition) is 0. The van der Waals surface area contributed by atoms with Gasteiger partial charge >= 0.3 is 0 Å². The molecule has 1 fully saturated rings. The van der Waals surface area contributed by atoms with Crippen molar-refractivity contribution in [3.8, 4) is 0 Å². The molecule has 0 aliphatic carbocycles. The fourth-order valence-corrected chi connectivity index (χ4v) is 2.92. The van der Waals surface area contributed by atoms with Crippen molar-refractivity contribution in [1.29, 1.82) is 0 Å². The van der Waals surface area contributed by atoms with Gasteiger partial charge < -0.3 is 14.0 Å². The molecule has 5 heteroatoms. The van der Waals surface area contributed by atoms with Crippen molar-refractivity contribution < 1.29 is 9.47 Å². The van der Waals surface area contributed by atoms with Crippen molar-refractivity contribution in [3.05, 3.63) is 24.3 Å². The summed E-state index contributed by atoms with van der Waals surface area (Å²) in [7, 11) is 0. The highest BCUT2D eigenvalue weighted by atomic mass is 16.7. The van der Waals surface area contributed by atoms with Crippen molar-refractivity contribution in [2.75, 3.05) is 6.61 Å². The Hall–Kier alpha value is -1.46. The number of aromatic nitrogens is 3. The van der Waals surface area contributed by atoms with Crippen molar-refractivity contribution in [2.24, 2.45) is 0 Å². The van der Waals surface area contributed by atoms with E-state index in [9.17, 15) is 0 Å². The van der Waals surface area contributed by atoms with E-state index in [1.54, 1.807) is 0 Å². The van der Waals surface area contributed by atoms with Gasteiger partial charge in [-0.25, -0.2) is 4.98 Å². The molecule has 2 unspecified atom stereocenters. The Morgan fingerprint density at radius 1 is 1.43 bits per heavy atom. The summed E-state index contributed by atoms with van der Waals surface area (Å²) in [4.78, 5) is 8.64. The number of pyridine rings is 1. The van der Waals surface area contributed by atoms with Crippen molar-refractivity contribution in [1.82, 2.24) is 14.5 Å². The van der Waals surface area contributed by atoms with E-state index in [0.717, 1.165) is 55.7 Å². The lowest BCUT2D eigenvalue weighted by Gasteiger charge is -2.14. The average molecular weight is 289 g/mol. The molecule has 2 aromatic heterocycles. The molecule has 0 radical (unpaired) electrons. The van der Waals surface area contributed by atoms with Gasteiger partial charge in [0.25, 0.3) is 0 Å². The summed E-state index contributed by atoms with van der Waals surface area (Å²) in [6.45, 7) is 5.84. The average Bonchev–Trinajstić information content (AvgIpc) is 3.08. The van der Waals surface area contributed by atoms with Gasteiger partial charge in [0.05, 0.1) is 24.4 Å². The largest absolute Gasteiger partial charge is 0.353 e. The van der Waals surface area contributed by atoms with Crippen molar-refractivity contribution >= 4 is 11.0 Å². The molecule has 0 amide bonds. The van der Waals surface area contributed by atoms with Gasteiger partial charge in [-0.1, -0.05) is 6.92 Å². The Morgan fingerprint density at radius 3 is 3.14 bits per heavy atom. The predicted molar refractivity (Wildman–Crippen MR) is 81.0 cm³/mol. The zero-order valence-electron chi connectivity index (χ0n) is 12.8. The zero-order chi connectivity index (χ0) is 14.7. The molecule has 2 aromatic rings. The molecule has 1 aliphatic rings. The fraction of sp³-hybridized carbons (Fsp3) is 0.625. The normalized spacial score (nSPS) is 22.2. The summed E-state index contributed by atoms with van der Waals surface area (Å²) >= 11 is 0. The number of rotatable bonds is 6. The van der Waals surface area contributed by atoms with Gasteiger partial charge in [-0.05, 0) is 32.3 Å². The van der Waals surface area contributed by atoms with Gasteiger partial charge in [0.1, 0.15) is 11.3 Å². The summed E-state index contributed by atoms with van der Waals surface area (Å²) in [5, 5.41) is 0. The topological polar surface area (TPSA) is 49.2 Å². The molecule has 5 nitrogen and oxygen atoms in total. The maximum absolute atomic E-state index is 5.82. The molecule has 1 aliphatic heterocycles. The molecule has 3 rings (SSSR count). The first kappa shape index (κ1) is 14.5. The lowest BCUT2D eigenvalue weighted by molar-refractivity contribution is -0.134. The SMILES string of the molecule is CCC1CCC(OCCCn2c(C)nc3cnccc32)O1. The van der Waals surface area contributed by atoms with Crippen LogP contribution in [0, 0.1) is 6.92 Å². The summed E-state index contributed by atoms with van der Waals surface area (Å²) in [6.07, 6.45) is 8.21. The van der Waals surface area contributed by atoms with Crippen molar-refractivity contribution in [3.63, 3.8) is 0 Å². The van der Waals surface area contributed by atoms with Crippen LogP contribution in [0.3, 0.4) is 0 Å². The maximum atomic E-state index is 5.82. The highest BCUT2D eigenvalue weighted by molar-refractivity contribution is 5.74. The second-order valence-electron chi connectivity index (χ2n) is 5.57. The Balaban J connectivity index is 1.50.